The summed E-state index contributed by atoms with van der Waals surface area (Å²) in [6.45, 7) is 0. The van der Waals surface area contributed by atoms with E-state index in [-0.39, 0.29) is 5.92 Å². The van der Waals surface area contributed by atoms with Gasteiger partial charge in [0.2, 0.25) is 0 Å². The fourth-order valence-electron chi connectivity index (χ4n) is 12.6. The zero-order valence-electron chi connectivity index (χ0n) is 39.7. The summed E-state index contributed by atoms with van der Waals surface area (Å²) < 4.78 is 0. The van der Waals surface area contributed by atoms with E-state index in [0.29, 0.717) is 0 Å². The Morgan fingerprint density at radius 1 is 0.315 bits per heavy atom. The summed E-state index contributed by atoms with van der Waals surface area (Å²) in [6, 6.07) is 89.9. The highest BCUT2D eigenvalue weighted by Gasteiger charge is 2.50. The molecular weight excluding hydrogens is 903 g/mol. The number of fused-ring (bicyclic) bond motifs is 9. The van der Waals surface area contributed by atoms with Crippen molar-refractivity contribution in [3.63, 3.8) is 0 Å². The van der Waals surface area contributed by atoms with E-state index >= 15 is 0 Å². The Kier molecular flexibility index (Phi) is 9.28. The van der Waals surface area contributed by atoms with Crippen molar-refractivity contribution < 1.29 is 0 Å². The van der Waals surface area contributed by atoms with E-state index in [1.165, 1.54) is 81.5 Å². The minimum atomic E-state index is -2.93. The molecule has 3 aliphatic heterocycles. The van der Waals surface area contributed by atoms with Crippen LogP contribution < -0.4 is 35.4 Å². The molecule has 15 rings (SSSR count). The lowest BCUT2D eigenvalue weighted by molar-refractivity contribution is 0.939. The van der Waals surface area contributed by atoms with Crippen molar-refractivity contribution in [2.45, 2.75) is 5.92 Å². The van der Waals surface area contributed by atoms with E-state index in [9.17, 15) is 0 Å². The van der Waals surface area contributed by atoms with Crippen LogP contribution in [0.4, 0.5) is 51.2 Å². The molecule has 5 heterocycles. The maximum Gasteiger partial charge on any atom is 0.184 e. The number of rotatable bonds is 6. The summed E-state index contributed by atoms with van der Waals surface area (Å²) in [5, 5.41) is 9.94. The number of para-hydroxylation sites is 5. The van der Waals surface area contributed by atoms with Gasteiger partial charge < -0.3 is 14.7 Å². The number of benzene rings is 10. The molecule has 0 aliphatic carbocycles. The van der Waals surface area contributed by atoms with Gasteiger partial charge in [0, 0.05) is 47.8 Å². The number of pyridine rings is 2. The Morgan fingerprint density at radius 2 is 0.808 bits per heavy atom. The van der Waals surface area contributed by atoms with Gasteiger partial charge in [0.1, 0.15) is 0 Å². The van der Waals surface area contributed by atoms with Gasteiger partial charge in [0.25, 0.3) is 0 Å². The Hall–Kier alpha value is -9.36. The maximum absolute atomic E-state index is 4.78. The van der Waals surface area contributed by atoms with Crippen LogP contribution in [0.25, 0.3) is 32.7 Å². The van der Waals surface area contributed by atoms with Crippen LogP contribution in [-0.2, 0) is 0 Å². The lowest BCUT2D eigenvalue weighted by Crippen LogP contribution is -2.73. The van der Waals surface area contributed by atoms with Crippen molar-refractivity contribution in [2.75, 3.05) is 14.7 Å². The molecule has 342 valence electrons. The number of aromatic nitrogens is 2. The predicted octanol–water partition coefficient (Wildman–Crippen LogP) is 14.4. The first kappa shape index (κ1) is 41.4. The highest BCUT2D eigenvalue weighted by atomic mass is 28.3. The van der Waals surface area contributed by atoms with E-state index in [1.54, 1.807) is 0 Å². The van der Waals surface area contributed by atoms with Gasteiger partial charge in [-0.3, -0.25) is 9.97 Å². The Labute approximate surface area is 425 Å². The van der Waals surface area contributed by atoms with Crippen molar-refractivity contribution in [1.29, 1.82) is 0 Å². The first-order valence-electron chi connectivity index (χ1n) is 25.1. The summed E-state index contributed by atoms with van der Waals surface area (Å²) in [6.07, 6.45) is 7.96. The van der Waals surface area contributed by atoms with Crippen LogP contribution in [0.2, 0.25) is 0 Å². The van der Waals surface area contributed by atoms with Gasteiger partial charge in [-0.15, -0.1) is 0 Å². The van der Waals surface area contributed by atoms with Crippen molar-refractivity contribution >= 4 is 102 Å². The van der Waals surface area contributed by atoms with Gasteiger partial charge >= 0.3 is 0 Å². The average molecular weight is 948 g/mol. The molecule has 73 heavy (non-hydrogen) atoms. The molecule has 12 aromatic rings. The lowest BCUT2D eigenvalue weighted by atomic mass is 9.80. The second kappa shape index (κ2) is 16.4. The molecule has 5 nitrogen and oxygen atoms in total. The molecule has 0 bridgehead atoms. The minimum Gasteiger partial charge on any atom is -0.310 e. The largest absolute Gasteiger partial charge is 0.310 e. The quantitative estimate of drug-likeness (QED) is 0.123. The molecule has 0 unspecified atom stereocenters. The number of anilines is 9. The molecule has 2 aromatic heterocycles. The minimum absolute atomic E-state index is 0.146. The van der Waals surface area contributed by atoms with Crippen LogP contribution in [0.1, 0.15) is 22.6 Å². The average Bonchev–Trinajstić information content (AvgIpc) is 3.75. The summed E-state index contributed by atoms with van der Waals surface area (Å²) >= 11 is 0. The molecule has 0 amide bonds. The first-order chi connectivity index (χ1) is 36.2. The Morgan fingerprint density at radius 3 is 1.40 bits per heavy atom. The summed E-state index contributed by atoms with van der Waals surface area (Å²) in [5.41, 5.74) is 16.7. The molecule has 10 aromatic carbocycles. The second-order valence-corrected chi connectivity index (χ2v) is 23.1. The predicted molar refractivity (Wildman–Crippen MR) is 305 cm³/mol. The van der Waals surface area contributed by atoms with Gasteiger partial charge in [-0.2, -0.15) is 0 Å². The molecule has 0 atom stereocenters. The first-order valence-corrected chi connectivity index (χ1v) is 27.1. The van der Waals surface area contributed by atoms with Crippen LogP contribution in [0.5, 0.6) is 0 Å². The third-order valence-corrected chi connectivity index (χ3v) is 20.4. The monoisotopic (exact) mass is 947 g/mol. The van der Waals surface area contributed by atoms with Crippen LogP contribution in [0.15, 0.2) is 267 Å². The topological polar surface area (TPSA) is 35.5 Å². The van der Waals surface area contributed by atoms with Gasteiger partial charge in [-0.05, 0) is 167 Å². The molecule has 0 spiro atoms. The zero-order chi connectivity index (χ0) is 48.0. The van der Waals surface area contributed by atoms with Crippen molar-refractivity contribution in [1.82, 2.24) is 9.97 Å². The van der Waals surface area contributed by atoms with Crippen molar-refractivity contribution in [3.05, 3.63) is 284 Å². The van der Waals surface area contributed by atoms with Crippen LogP contribution in [0, 0.1) is 0 Å². The number of hydrogen-bond donors (Lipinski definition) is 0. The SMILES string of the molecule is c1ccc(C2c3ccccc3N(c3ccc4cc5cc(N6c7ccccc7N(c7ccccc7)c7cc8c(cc76)[Si](c6cccnc6)(c6cccnc6)c6ccccc6-8)ccc5cc4c3)c3ccccc32)cc1. The normalized spacial score (nSPS) is 14.0. The van der Waals surface area contributed by atoms with Gasteiger partial charge in [-0.1, -0.05) is 146 Å². The molecule has 6 heteroatoms. The maximum atomic E-state index is 4.78. The third-order valence-electron chi connectivity index (χ3n) is 15.6. The fourth-order valence-corrected chi connectivity index (χ4v) is 17.6. The molecule has 0 saturated carbocycles. The van der Waals surface area contributed by atoms with Crippen molar-refractivity contribution in [3.8, 4) is 11.1 Å². The Balaban J connectivity index is 0.909. The van der Waals surface area contributed by atoms with Crippen LogP contribution >= 0.6 is 0 Å². The van der Waals surface area contributed by atoms with E-state index in [4.69, 9.17) is 9.97 Å². The highest BCUT2D eigenvalue weighted by molar-refractivity contribution is 7.22. The van der Waals surface area contributed by atoms with Gasteiger partial charge in [-0.25, -0.2) is 0 Å². The number of hydrogen-bond acceptors (Lipinski definition) is 5. The second-order valence-electron chi connectivity index (χ2n) is 19.4. The molecule has 0 saturated heterocycles. The molecule has 0 radical (unpaired) electrons. The molecule has 3 aliphatic rings. The van der Waals surface area contributed by atoms with E-state index in [0.717, 1.165) is 39.8 Å². The summed E-state index contributed by atoms with van der Waals surface area (Å²) in [4.78, 5) is 17.0. The van der Waals surface area contributed by atoms with Gasteiger partial charge in [0.05, 0.1) is 34.1 Å². The van der Waals surface area contributed by atoms with E-state index < -0.39 is 8.07 Å². The number of nitrogens with zero attached hydrogens (tertiary/aromatic N) is 5. The fraction of sp³-hybridized carbons (Fsp3) is 0.0149. The smallest absolute Gasteiger partial charge is 0.184 e. The van der Waals surface area contributed by atoms with E-state index in [2.05, 4.69) is 270 Å². The van der Waals surface area contributed by atoms with Crippen LogP contribution in [0.3, 0.4) is 0 Å². The molecule has 0 N–H and O–H groups in total. The summed E-state index contributed by atoms with van der Waals surface area (Å²) in [5.74, 6) is 0.146. The molecule has 0 fully saturated rings. The summed E-state index contributed by atoms with van der Waals surface area (Å²) in [7, 11) is -2.93. The third kappa shape index (κ3) is 6.21. The Bertz CT molecular complexity index is 4040. The van der Waals surface area contributed by atoms with Crippen molar-refractivity contribution in [2.24, 2.45) is 0 Å². The zero-order valence-corrected chi connectivity index (χ0v) is 40.7. The highest BCUT2D eigenvalue weighted by Crippen LogP contribution is 2.56. The van der Waals surface area contributed by atoms with Gasteiger partial charge in [0.15, 0.2) is 8.07 Å². The standard InChI is InChI=1S/C67H45N5Si/c1-3-17-45(18-4-1)67-56-24-7-10-26-59(56)71(60-27-11-8-25-57(60)67)51-33-31-46-38-49-40-52(34-32-47(49)37-48(46)39-51)72-62-29-13-12-28-61(62)70(50-19-5-2-6-20-50)63-41-58-55-23-9-14-30-65(55)73(66(58)42-64(63)72,53-21-15-35-68-43-53)54-22-16-36-69-44-54/h1-44,67H. The van der Waals surface area contributed by atoms with Crippen LogP contribution in [-0.4, -0.2) is 18.0 Å². The van der Waals surface area contributed by atoms with E-state index in [1.807, 2.05) is 12.4 Å². The molecular formula is C67H45N5Si. The lowest BCUT2D eigenvalue weighted by Gasteiger charge is -2.41.